The van der Waals surface area contributed by atoms with Crippen molar-refractivity contribution in [3.63, 3.8) is 0 Å². The minimum Gasteiger partial charge on any atom is -0.423 e. The van der Waals surface area contributed by atoms with E-state index >= 15 is 0 Å². The maximum Gasteiger partial charge on any atom is 0.308 e. The summed E-state index contributed by atoms with van der Waals surface area (Å²) in [6.45, 7) is 6.24. The van der Waals surface area contributed by atoms with E-state index in [-0.39, 0.29) is 41.7 Å². The Morgan fingerprint density at radius 3 is 2.00 bits per heavy atom. The van der Waals surface area contributed by atoms with Crippen LogP contribution in [0.1, 0.15) is 33.3 Å². The first-order chi connectivity index (χ1) is 11.7. The zero-order valence-corrected chi connectivity index (χ0v) is 14.7. The van der Waals surface area contributed by atoms with Gasteiger partial charge in [0.25, 0.3) is 0 Å². The third-order valence-electron chi connectivity index (χ3n) is 4.20. The summed E-state index contributed by atoms with van der Waals surface area (Å²) in [6.07, 6.45) is 0.408. The van der Waals surface area contributed by atoms with E-state index in [4.69, 9.17) is 9.47 Å². The molecule has 0 N–H and O–H groups in total. The van der Waals surface area contributed by atoms with Crippen molar-refractivity contribution in [2.75, 3.05) is 6.54 Å². The van der Waals surface area contributed by atoms with Gasteiger partial charge in [0.05, 0.1) is 0 Å². The highest BCUT2D eigenvalue weighted by Crippen LogP contribution is 2.30. The van der Waals surface area contributed by atoms with E-state index in [1.165, 1.54) is 24.8 Å². The molecular formula is C18H21NO6. The number of amides is 2. The highest BCUT2D eigenvalue weighted by atomic mass is 16.6. The van der Waals surface area contributed by atoms with Crippen molar-refractivity contribution in [1.82, 2.24) is 4.90 Å². The zero-order chi connectivity index (χ0) is 18.7. The lowest BCUT2D eigenvalue weighted by molar-refractivity contribution is -0.139. The van der Waals surface area contributed by atoms with Gasteiger partial charge in [0.1, 0.15) is 0 Å². The summed E-state index contributed by atoms with van der Waals surface area (Å²) < 4.78 is 10.1. The normalized spacial score (nSPS) is 19.9. The molecule has 1 aromatic carbocycles. The van der Waals surface area contributed by atoms with Crippen molar-refractivity contribution in [2.45, 2.75) is 34.1 Å². The van der Waals surface area contributed by atoms with Gasteiger partial charge in [-0.15, -0.1) is 0 Å². The number of nitrogens with zero attached hydrogens (tertiary/aromatic N) is 1. The summed E-state index contributed by atoms with van der Waals surface area (Å²) in [5.41, 5.74) is 0.750. The van der Waals surface area contributed by atoms with Crippen LogP contribution in [0.4, 0.5) is 0 Å². The molecule has 25 heavy (non-hydrogen) atoms. The van der Waals surface area contributed by atoms with Crippen LogP contribution >= 0.6 is 0 Å². The highest BCUT2D eigenvalue weighted by Gasteiger charge is 2.41. The predicted octanol–water partition coefficient (Wildman–Crippen LogP) is 1.72. The summed E-state index contributed by atoms with van der Waals surface area (Å²) in [7, 11) is 0. The largest absolute Gasteiger partial charge is 0.423 e. The van der Waals surface area contributed by atoms with Gasteiger partial charge in [0.2, 0.25) is 11.8 Å². The number of imide groups is 1. The van der Waals surface area contributed by atoms with Gasteiger partial charge in [0, 0.05) is 32.2 Å². The average molecular weight is 347 g/mol. The third kappa shape index (κ3) is 4.23. The Balaban J connectivity index is 2.14. The van der Waals surface area contributed by atoms with Crippen molar-refractivity contribution in [3.05, 3.63) is 23.8 Å². The Morgan fingerprint density at radius 2 is 1.48 bits per heavy atom. The summed E-state index contributed by atoms with van der Waals surface area (Å²) in [5.74, 6) is -1.77. The van der Waals surface area contributed by atoms with Gasteiger partial charge in [-0.05, 0) is 24.1 Å². The molecule has 134 valence electrons. The van der Waals surface area contributed by atoms with E-state index in [0.29, 0.717) is 6.42 Å². The van der Waals surface area contributed by atoms with Crippen molar-refractivity contribution in [3.8, 4) is 11.5 Å². The van der Waals surface area contributed by atoms with Crippen LogP contribution < -0.4 is 9.47 Å². The quantitative estimate of drug-likeness (QED) is 0.458. The molecule has 1 aliphatic heterocycles. The summed E-state index contributed by atoms with van der Waals surface area (Å²) in [4.78, 5) is 47.8. The molecule has 1 heterocycles. The van der Waals surface area contributed by atoms with E-state index in [2.05, 4.69) is 0 Å². The van der Waals surface area contributed by atoms with E-state index < -0.39 is 11.9 Å². The first kappa shape index (κ1) is 18.6. The fraction of sp³-hybridized carbons (Fsp3) is 0.444. The van der Waals surface area contributed by atoms with Crippen LogP contribution in [0.25, 0.3) is 0 Å². The minimum absolute atomic E-state index is 0.126. The molecule has 1 aromatic rings. The van der Waals surface area contributed by atoms with Gasteiger partial charge in [-0.1, -0.05) is 19.9 Å². The first-order valence-corrected chi connectivity index (χ1v) is 8.05. The number of carbonyl (C=O) groups excluding carboxylic acids is 4. The Hall–Kier alpha value is -2.70. The fourth-order valence-electron chi connectivity index (χ4n) is 2.67. The number of benzene rings is 1. The van der Waals surface area contributed by atoms with Crippen LogP contribution in [0.15, 0.2) is 18.2 Å². The molecule has 2 atom stereocenters. The molecule has 0 spiro atoms. The number of ether oxygens (including phenoxy) is 2. The SMILES string of the molecule is CC(=O)Oc1ccc(CCN2C(=O)C(C)C(C)C2=O)cc1OC(C)=O. The lowest BCUT2D eigenvalue weighted by atomic mass is 10.00. The maximum atomic E-state index is 12.1. The second kappa shape index (κ2) is 7.46. The first-order valence-electron chi connectivity index (χ1n) is 8.05. The number of likely N-dealkylation sites (tertiary alicyclic amines) is 1. The van der Waals surface area contributed by atoms with Gasteiger partial charge in [-0.2, -0.15) is 0 Å². The summed E-state index contributed by atoms with van der Waals surface area (Å²) in [6, 6.07) is 4.79. The smallest absolute Gasteiger partial charge is 0.308 e. The van der Waals surface area contributed by atoms with Crippen LogP contribution in [0, 0.1) is 11.8 Å². The van der Waals surface area contributed by atoms with E-state index in [9.17, 15) is 19.2 Å². The van der Waals surface area contributed by atoms with Crippen molar-refractivity contribution in [1.29, 1.82) is 0 Å². The van der Waals surface area contributed by atoms with Gasteiger partial charge >= 0.3 is 11.9 Å². The van der Waals surface area contributed by atoms with Crippen molar-refractivity contribution in [2.24, 2.45) is 11.8 Å². The Morgan fingerprint density at radius 1 is 0.960 bits per heavy atom. The molecule has 2 unspecified atom stereocenters. The molecule has 0 bridgehead atoms. The molecule has 0 saturated carbocycles. The molecule has 7 nitrogen and oxygen atoms in total. The van der Waals surface area contributed by atoms with E-state index in [1.807, 2.05) is 0 Å². The van der Waals surface area contributed by atoms with E-state index in [1.54, 1.807) is 26.0 Å². The van der Waals surface area contributed by atoms with Crippen LogP contribution in [0.3, 0.4) is 0 Å². The molecule has 7 heteroatoms. The average Bonchev–Trinajstić information content (AvgIpc) is 2.71. The Labute approximate surface area is 145 Å². The van der Waals surface area contributed by atoms with Crippen LogP contribution in [0.2, 0.25) is 0 Å². The molecule has 1 aliphatic rings. The lowest BCUT2D eigenvalue weighted by Gasteiger charge is -2.15. The summed E-state index contributed by atoms with van der Waals surface area (Å²) >= 11 is 0. The third-order valence-corrected chi connectivity index (χ3v) is 4.20. The van der Waals surface area contributed by atoms with Crippen molar-refractivity contribution < 1.29 is 28.7 Å². The van der Waals surface area contributed by atoms with E-state index in [0.717, 1.165) is 5.56 Å². The number of hydrogen-bond donors (Lipinski definition) is 0. The monoisotopic (exact) mass is 347 g/mol. The summed E-state index contributed by atoms with van der Waals surface area (Å²) in [5, 5.41) is 0. The van der Waals surface area contributed by atoms with Gasteiger partial charge in [-0.3, -0.25) is 24.1 Å². The topological polar surface area (TPSA) is 90.0 Å². The van der Waals surface area contributed by atoms with Crippen molar-refractivity contribution >= 4 is 23.8 Å². The van der Waals surface area contributed by atoms with Crippen LogP contribution in [-0.2, 0) is 25.6 Å². The number of esters is 2. The molecule has 0 aliphatic carbocycles. The minimum atomic E-state index is -0.543. The standard InChI is InChI=1S/C18H21NO6/c1-10-11(2)18(23)19(17(10)22)8-7-14-5-6-15(24-12(3)20)16(9-14)25-13(4)21/h5-6,9-11H,7-8H2,1-4H3. The maximum absolute atomic E-state index is 12.1. The Bertz CT molecular complexity index is 706. The molecule has 2 amide bonds. The number of rotatable bonds is 5. The molecule has 2 rings (SSSR count). The second-order valence-corrected chi connectivity index (χ2v) is 6.12. The highest BCUT2D eigenvalue weighted by molar-refractivity contribution is 6.04. The second-order valence-electron chi connectivity index (χ2n) is 6.12. The van der Waals surface area contributed by atoms with Crippen LogP contribution in [0.5, 0.6) is 11.5 Å². The van der Waals surface area contributed by atoms with Gasteiger partial charge in [-0.25, -0.2) is 0 Å². The molecule has 1 fully saturated rings. The number of hydrogen-bond acceptors (Lipinski definition) is 6. The lowest BCUT2D eigenvalue weighted by Crippen LogP contribution is -2.32. The molecular weight excluding hydrogens is 326 g/mol. The zero-order valence-electron chi connectivity index (χ0n) is 14.7. The fourth-order valence-corrected chi connectivity index (χ4v) is 2.67. The predicted molar refractivity (Wildman–Crippen MR) is 87.8 cm³/mol. The molecule has 0 aromatic heterocycles. The van der Waals surface area contributed by atoms with Crippen LogP contribution in [-0.4, -0.2) is 35.2 Å². The number of carbonyl (C=O) groups is 4. The Kier molecular flexibility index (Phi) is 5.56. The van der Waals surface area contributed by atoms with Gasteiger partial charge < -0.3 is 9.47 Å². The molecule has 0 radical (unpaired) electrons. The van der Waals surface area contributed by atoms with Gasteiger partial charge in [0.15, 0.2) is 11.5 Å². The molecule has 1 saturated heterocycles.